The molecular formula is C15H27O5PS. The van der Waals surface area contributed by atoms with Crippen LogP contribution in [0.15, 0.2) is 11.4 Å². The van der Waals surface area contributed by atoms with Crippen molar-refractivity contribution >= 4 is 18.9 Å². The van der Waals surface area contributed by atoms with E-state index in [1.54, 1.807) is 25.6 Å². The summed E-state index contributed by atoms with van der Waals surface area (Å²) in [5, 5.41) is 2.01. The van der Waals surface area contributed by atoms with Gasteiger partial charge in [0.2, 0.25) is 0 Å². The van der Waals surface area contributed by atoms with E-state index in [1.165, 1.54) is 5.56 Å². The average Bonchev–Trinajstić information content (AvgIpc) is 2.97. The molecule has 0 saturated carbocycles. The monoisotopic (exact) mass is 350 g/mol. The zero-order valence-electron chi connectivity index (χ0n) is 14.0. The van der Waals surface area contributed by atoms with Gasteiger partial charge in [0.1, 0.15) is 5.66 Å². The summed E-state index contributed by atoms with van der Waals surface area (Å²) >= 11 is 1.58. The first-order valence-electron chi connectivity index (χ1n) is 7.56. The number of rotatable bonds is 11. The van der Waals surface area contributed by atoms with Crippen LogP contribution >= 0.6 is 18.9 Å². The maximum absolute atomic E-state index is 13.3. The van der Waals surface area contributed by atoms with E-state index in [-0.39, 0.29) is 5.66 Å². The molecule has 1 rings (SSSR count). The minimum Gasteiger partial charge on any atom is -0.356 e. The number of hydrogen-bond acceptors (Lipinski definition) is 6. The van der Waals surface area contributed by atoms with Crippen LogP contribution < -0.4 is 0 Å². The van der Waals surface area contributed by atoms with E-state index in [9.17, 15) is 4.57 Å². The highest BCUT2D eigenvalue weighted by atomic mass is 32.1. The van der Waals surface area contributed by atoms with Crippen molar-refractivity contribution in [2.24, 2.45) is 0 Å². The van der Waals surface area contributed by atoms with Crippen molar-refractivity contribution in [3.63, 3.8) is 0 Å². The lowest BCUT2D eigenvalue weighted by Gasteiger charge is -2.28. The fraction of sp³-hybridized carbons (Fsp3) is 0.733. The third-order valence-corrected chi connectivity index (χ3v) is 7.12. The molecule has 22 heavy (non-hydrogen) atoms. The Balaban J connectivity index is 3.22. The summed E-state index contributed by atoms with van der Waals surface area (Å²) in [6, 6.07) is 2.06. The first kappa shape index (κ1) is 19.8. The van der Waals surface area contributed by atoms with Crippen molar-refractivity contribution < 1.29 is 23.1 Å². The van der Waals surface area contributed by atoms with Gasteiger partial charge in [-0.1, -0.05) is 6.92 Å². The SMILES string of the molecule is CCOP(=O)(OCC)C(CC(OC)OC)c1sccc1CC. The van der Waals surface area contributed by atoms with E-state index in [1.807, 2.05) is 19.2 Å². The molecule has 0 aliphatic carbocycles. The molecule has 0 bridgehead atoms. The normalized spacial score (nSPS) is 13.7. The Bertz CT molecular complexity index is 462. The van der Waals surface area contributed by atoms with Gasteiger partial charge in [0.15, 0.2) is 6.29 Å². The molecule has 1 heterocycles. The molecule has 0 fully saturated rings. The second-order valence-corrected chi connectivity index (χ2v) is 7.86. The fourth-order valence-corrected chi connectivity index (χ4v) is 5.96. The minimum absolute atomic E-state index is 0.339. The molecule has 5 nitrogen and oxygen atoms in total. The van der Waals surface area contributed by atoms with Crippen molar-refractivity contribution in [1.29, 1.82) is 0 Å². The van der Waals surface area contributed by atoms with E-state index >= 15 is 0 Å². The molecule has 0 N–H and O–H groups in total. The molecule has 1 aromatic rings. The Kier molecular flexibility index (Phi) is 8.83. The quantitative estimate of drug-likeness (QED) is 0.430. The maximum Gasteiger partial charge on any atom is 0.339 e. The molecule has 1 aromatic heterocycles. The molecular weight excluding hydrogens is 323 g/mol. The molecule has 0 aliphatic rings. The van der Waals surface area contributed by atoms with E-state index in [4.69, 9.17) is 18.5 Å². The number of aryl methyl sites for hydroxylation is 1. The zero-order valence-corrected chi connectivity index (χ0v) is 15.7. The summed E-state index contributed by atoms with van der Waals surface area (Å²) in [6.45, 7) is 6.40. The Labute approximate surface area is 137 Å². The number of methoxy groups -OCH3 is 2. The summed E-state index contributed by atoms with van der Waals surface area (Å²) in [5.74, 6) is 0. The topological polar surface area (TPSA) is 54.0 Å². The predicted molar refractivity (Wildman–Crippen MR) is 89.7 cm³/mol. The fourth-order valence-electron chi connectivity index (χ4n) is 2.36. The Morgan fingerprint density at radius 3 is 2.18 bits per heavy atom. The van der Waals surface area contributed by atoms with Crippen LogP contribution in [0.25, 0.3) is 0 Å². The number of ether oxygens (including phenoxy) is 2. The smallest absolute Gasteiger partial charge is 0.339 e. The largest absolute Gasteiger partial charge is 0.356 e. The van der Waals surface area contributed by atoms with Crippen LogP contribution in [0.5, 0.6) is 0 Å². The molecule has 0 saturated heterocycles. The molecule has 1 atom stereocenters. The number of hydrogen-bond donors (Lipinski definition) is 0. The van der Waals surface area contributed by atoms with Gasteiger partial charge >= 0.3 is 7.60 Å². The molecule has 7 heteroatoms. The van der Waals surface area contributed by atoms with Gasteiger partial charge in [-0.3, -0.25) is 4.57 Å². The Morgan fingerprint density at radius 2 is 1.73 bits per heavy atom. The highest BCUT2D eigenvalue weighted by molar-refractivity contribution is 7.54. The Morgan fingerprint density at radius 1 is 1.14 bits per heavy atom. The van der Waals surface area contributed by atoms with Crippen molar-refractivity contribution in [3.8, 4) is 0 Å². The third-order valence-electron chi connectivity index (χ3n) is 3.41. The van der Waals surface area contributed by atoms with Crippen LogP contribution in [0.2, 0.25) is 0 Å². The lowest BCUT2D eigenvalue weighted by molar-refractivity contribution is -0.107. The second-order valence-electron chi connectivity index (χ2n) is 4.69. The molecule has 0 radical (unpaired) electrons. The minimum atomic E-state index is -3.29. The summed E-state index contributed by atoms with van der Waals surface area (Å²) in [7, 11) is -0.136. The first-order chi connectivity index (χ1) is 10.6. The van der Waals surface area contributed by atoms with Crippen LogP contribution in [0.1, 0.15) is 43.3 Å². The van der Waals surface area contributed by atoms with Gasteiger partial charge in [-0.05, 0) is 37.3 Å². The maximum atomic E-state index is 13.3. The van der Waals surface area contributed by atoms with Crippen molar-refractivity contribution in [2.75, 3.05) is 27.4 Å². The summed E-state index contributed by atoms with van der Waals surface area (Å²) in [6.07, 6.45) is 0.849. The Hall–Kier alpha value is -0.230. The van der Waals surface area contributed by atoms with Crippen LogP contribution in [0.3, 0.4) is 0 Å². The van der Waals surface area contributed by atoms with Crippen molar-refractivity contribution in [2.45, 2.75) is 45.6 Å². The standard InChI is InChI=1S/C15H27O5PS/c1-6-12-9-10-22-15(12)13(11-14(17-4)18-5)21(16,19-7-2)20-8-3/h9-10,13-14H,6-8,11H2,1-5H3. The highest BCUT2D eigenvalue weighted by Crippen LogP contribution is 2.64. The lowest BCUT2D eigenvalue weighted by Crippen LogP contribution is -2.19. The van der Waals surface area contributed by atoms with E-state index in [2.05, 4.69) is 13.0 Å². The van der Waals surface area contributed by atoms with Crippen LogP contribution in [-0.2, 0) is 29.5 Å². The van der Waals surface area contributed by atoms with Gasteiger partial charge in [0.05, 0.1) is 13.2 Å². The molecule has 0 aromatic carbocycles. The van der Waals surface area contributed by atoms with Gasteiger partial charge in [-0.15, -0.1) is 11.3 Å². The van der Waals surface area contributed by atoms with Crippen LogP contribution in [0, 0.1) is 0 Å². The van der Waals surface area contributed by atoms with Gasteiger partial charge in [0, 0.05) is 25.5 Å². The highest BCUT2D eigenvalue weighted by Gasteiger charge is 2.40. The predicted octanol–water partition coefficient (Wildman–Crippen LogP) is 4.63. The summed E-state index contributed by atoms with van der Waals surface area (Å²) in [5.41, 5.74) is 0.785. The van der Waals surface area contributed by atoms with E-state index in [0.717, 1.165) is 11.3 Å². The summed E-state index contributed by atoms with van der Waals surface area (Å²) in [4.78, 5) is 1.03. The van der Waals surface area contributed by atoms with E-state index < -0.39 is 13.9 Å². The molecule has 0 aliphatic heterocycles. The van der Waals surface area contributed by atoms with Gasteiger partial charge in [0.25, 0.3) is 0 Å². The molecule has 1 unspecified atom stereocenters. The summed E-state index contributed by atoms with van der Waals surface area (Å²) < 4.78 is 35.1. The second kappa shape index (κ2) is 9.81. The average molecular weight is 350 g/mol. The van der Waals surface area contributed by atoms with Crippen molar-refractivity contribution in [1.82, 2.24) is 0 Å². The van der Waals surface area contributed by atoms with Crippen LogP contribution in [0.4, 0.5) is 0 Å². The van der Waals surface area contributed by atoms with Crippen molar-refractivity contribution in [3.05, 3.63) is 21.9 Å². The lowest BCUT2D eigenvalue weighted by atomic mass is 10.1. The van der Waals surface area contributed by atoms with Gasteiger partial charge in [-0.25, -0.2) is 0 Å². The molecule has 128 valence electrons. The van der Waals surface area contributed by atoms with Crippen LogP contribution in [-0.4, -0.2) is 33.7 Å². The number of thiophene rings is 1. The molecule has 0 spiro atoms. The van der Waals surface area contributed by atoms with Gasteiger partial charge in [-0.2, -0.15) is 0 Å². The third kappa shape index (κ3) is 4.88. The van der Waals surface area contributed by atoms with Gasteiger partial charge < -0.3 is 18.5 Å². The molecule has 0 amide bonds. The van der Waals surface area contributed by atoms with E-state index in [0.29, 0.717) is 19.6 Å². The first-order valence-corrected chi connectivity index (χ1v) is 10.1. The zero-order chi connectivity index (χ0) is 16.6.